The van der Waals surface area contributed by atoms with Crippen molar-refractivity contribution in [2.45, 2.75) is 45.4 Å². The molecular formula is C11H21BrO. The second-order valence-corrected chi connectivity index (χ2v) is 4.81. The van der Waals surface area contributed by atoms with Gasteiger partial charge in [0.25, 0.3) is 0 Å². The van der Waals surface area contributed by atoms with Crippen LogP contribution >= 0.6 is 15.9 Å². The molecule has 13 heavy (non-hydrogen) atoms. The number of unbranched alkanes of at least 4 members (excludes halogenated alkanes) is 2. The highest BCUT2D eigenvalue weighted by molar-refractivity contribution is 9.09. The first-order valence-corrected chi connectivity index (χ1v) is 6.59. The molecule has 78 valence electrons. The Kier molecular flexibility index (Phi) is 5.34. The van der Waals surface area contributed by atoms with E-state index in [0.29, 0.717) is 5.41 Å². The quantitative estimate of drug-likeness (QED) is 0.493. The molecule has 1 fully saturated rings. The second kappa shape index (κ2) is 6.02. The smallest absolute Gasteiger partial charge is 0.0530 e. The molecule has 0 N–H and O–H groups in total. The summed E-state index contributed by atoms with van der Waals surface area (Å²) in [5.74, 6) is 0. The van der Waals surface area contributed by atoms with Crippen molar-refractivity contribution in [2.24, 2.45) is 5.41 Å². The average Bonchev–Trinajstić information content (AvgIpc) is 2.09. The highest BCUT2D eigenvalue weighted by atomic mass is 79.9. The van der Waals surface area contributed by atoms with Crippen molar-refractivity contribution in [3.05, 3.63) is 0 Å². The maximum absolute atomic E-state index is 5.70. The molecule has 0 heterocycles. The molecule has 0 aliphatic heterocycles. The predicted molar refractivity (Wildman–Crippen MR) is 60.4 cm³/mol. The van der Waals surface area contributed by atoms with Crippen LogP contribution in [0.25, 0.3) is 0 Å². The third kappa shape index (κ3) is 3.59. The Balaban J connectivity index is 1.98. The largest absolute Gasteiger partial charge is 0.381 e. The molecule has 0 spiro atoms. The fraction of sp³-hybridized carbons (Fsp3) is 1.00. The molecule has 0 radical (unpaired) electrons. The minimum atomic E-state index is 0.506. The Hall–Kier alpha value is 0.440. The molecule has 1 saturated carbocycles. The highest BCUT2D eigenvalue weighted by Gasteiger charge is 2.35. The highest BCUT2D eigenvalue weighted by Crippen LogP contribution is 2.42. The van der Waals surface area contributed by atoms with E-state index in [0.717, 1.165) is 18.5 Å². The van der Waals surface area contributed by atoms with Crippen LogP contribution < -0.4 is 0 Å². The molecule has 0 atom stereocenters. The first kappa shape index (κ1) is 11.5. The molecule has 0 bridgehead atoms. The van der Waals surface area contributed by atoms with Gasteiger partial charge < -0.3 is 4.74 Å². The number of halogens is 1. The minimum Gasteiger partial charge on any atom is -0.381 e. The van der Waals surface area contributed by atoms with Gasteiger partial charge in [-0.1, -0.05) is 42.1 Å². The van der Waals surface area contributed by atoms with Crippen molar-refractivity contribution in [3.8, 4) is 0 Å². The summed E-state index contributed by atoms with van der Waals surface area (Å²) in [7, 11) is 0. The van der Waals surface area contributed by atoms with Crippen molar-refractivity contribution in [2.75, 3.05) is 18.5 Å². The Morgan fingerprint density at radius 3 is 2.54 bits per heavy atom. The van der Waals surface area contributed by atoms with Crippen molar-refractivity contribution in [1.82, 2.24) is 0 Å². The lowest BCUT2D eigenvalue weighted by Gasteiger charge is -2.40. The Bertz CT molecular complexity index is 127. The summed E-state index contributed by atoms with van der Waals surface area (Å²) < 4.78 is 5.70. The molecule has 0 aromatic heterocycles. The zero-order valence-corrected chi connectivity index (χ0v) is 10.2. The molecule has 0 saturated heterocycles. The number of ether oxygens (including phenoxy) is 1. The molecule has 0 unspecified atom stereocenters. The van der Waals surface area contributed by atoms with Gasteiger partial charge in [0, 0.05) is 17.4 Å². The van der Waals surface area contributed by atoms with Crippen LogP contribution in [0.4, 0.5) is 0 Å². The van der Waals surface area contributed by atoms with Crippen molar-refractivity contribution >= 4 is 15.9 Å². The van der Waals surface area contributed by atoms with Crippen LogP contribution in [0.15, 0.2) is 0 Å². The van der Waals surface area contributed by atoms with Crippen LogP contribution in [0.5, 0.6) is 0 Å². The lowest BCUT2D eigenvalue weighted by Crippen LogP contribution is -2.36. The topological polar surface area (TPSA) is 9.23 Å². The van der Waals surface area contributed by atoms with Gasteiger partial charge in [0.1, 0.15) is 0 Å². The van der Waals surface area contributed by atoms with Gasteiger partial charge in [0.2, 0.25) is 0 Å². The summed E-state index contributed by atoms with van der Waals surface area (Å²) in [6.45, 7) is 4.16. The fourth-order valence-electron chi connectivity index (χ4n) is 1.74. The van der Waals surface area contributed by atoms with Gasteiger partial charge in [-0.2, -0.15) is 0 Å². The first-order valence-electron chi connectivity index (χ1n) is 5.47. The van der Waals surface area contributed by atoms with E-state index in [1.54, 1.807) is 0 Å². The summed E-state index contributed by atoms with van der Waals surface area (Å²) in [6, 6.07) is 0. The summed E-state index contributed by atoms with van der Waals surface area (Å²) >= 11 is 3.59. The lowest BCUT2D eigenvalue weighted by atomic mass is 9.71. The summed E-state index contributed by atoms with van der Waals surface area (Å²) in [5, 5.41) is 1.12. The van der Waals surface area contributed by atoms with Gasteiger partial charge in [-0.3, -0.25) is 0 Å². The van der Waals surface area contributed by atoms with E-state index in [-0.39, 0.29) is 0 Å². The zero-order valence-electron chi connectivity index (χ0n) is 8.65. The van der Waals surface area contributed by atoms with Crippen molar-refractivity contribution in [3.63, 3.8) is 0 Å². The molecule has 1 aliphatic carbocycles. The average molecular weight is 249 g/mol. The van der Waals surface area contributed by atoms with Gasteiger partial charge >= 0.3 is 0 Å². The van der Waals surface area contributed by atoms with Gasteiger partial charge in [-0.25, -0.2) is 0 Å². The van der Waals surface area contributed by atoms with E-state index in [1.165, 1.54) is 38.5 Å². The van der Waals surface area contributed by atoms with Crippen molar-refractivity contribution < 1.29 is 4.74 Å². The summed E-state index contributed by atoms with van der Waals surface area (Å²) in [6.07, 6.45) is 7.92. The molecule has 0 amide bonds. The summed E-state index contributed by atoms with van der Waals surface area (Å²) in [4.78, 5) is 0. The van der Waals surface area contributed by atoms with Gasteiger partial charge in [-0.15, -0.1) is 0 Å². The van der Waals surface area contributed by atoms with Crippen LogP contribution in [0, 0.1) is 5.41 Å². The number of alkyl halides is 1. The van der Waals surface area contributed by atoms with E-state index >= 15 is 0 Å². The van der Waals surface area contributed by atoms with E-state index in [1.807, 2.05) is 0 Å². The van der Waals surface area contributed by atoms with Crippen LogP contribution in [0.1, 0.15) is 45.4 Å². The number of hydrogen-bond donors (Lipinski definition) is 0. The Labute approximate surface area is 90.4 Å². The van der Waals surface area contributed by atoms with E-state index in [2.05, 4.69) is 22.9 Å². The molecule has 0 aromatic carbocycles. The van der Waals surface area contributed by atoms with E-state index in [4.69, 9.17) is 4.74 Å². The van der Waals surface area contributed by atoms with Gasteiger partial charge in [0.15, 0.2) is 0 Å². The molecule has 1 nitrogen and oxygen atoms in total. The van der Waals surface area contributed by atoms with Crippen LogP contribution in [0.3, 0.4) is 0 Å². The van der Waals surface area contributed by atoms with Gasteiger partial charge in [0.05, 0.1) is 6.61 Å². The molecule has 1 aliphatic rings. The molecule has 2 heteroatoms. The van der Waals surface area contributed by atoms with Crippen LogP contribution in [-0.4, -0.2) is 18.5 Å². The van der Waals surface area contributed by atoms with E-state index < -0.39 is 0 Å². The molecule has 1 rings (SSSR count). The summed E-state index contributed by atoms with van der Waals surface area (Å²) in [5.41, 5.74) is 0.506. The first-order chi connectivity index (χ1) is 6.33. The maximum atomic E-state index is 5.70. The standard InChI is InChI=1S/C11H21BrO/c1-2-3-4-8-13-10-11(9-12)6-5-7-11/h2-10H2,1H3. The Morgan fingerprint density at radius 1 is 1.31 bits per heavy atom. The third-order valence-corrected chi connectivity index (χ3v) is 4.19. The zero-order chi connectivity index (χ0) is 9.57. The third-order valence-electron chi connectivity index (χ3n) is 3.00. The van der Waals surface area contributed by atoms with Crippen molar-refractivity contribution in [1.29, 1.82) is 0 Å². The van der Waals surface area contributed by atoms with E-state index in [9.17, 15) is 0 Å². The lowest BCUT2D eigenvalue weighted by molar-refractivity contribution is 0.00965. The fourth-order valence-corrected chi connectivity index (χ4v) is 2.46. The normalized spacial score (nSPS) is 19.8. The number of rotatable bonds is 7. The van der Waals surface area contributed by atoms with Gasteiger partial charge in [-0.05, 0) is 19.3 Å². The van der Waals surface area contributed by atoms with Crippen LogP contribution in [0.2, 0.25) is 0 Å². The molecular weight excluding hydrogens is 228 g/mol. The predicted octanol–water partition coefficient (Wildman–Crippen LogP) is 3.76. The Morgan fingerprint density at radius 2 is 2.08 bits per heavy atom. The van der Waals surface area contributed by atoms with Crippen LogP contribution in [-0.2, 0) is 4.74 Å². The maximum Gasteiger partial charge on any atom is 0.0530 e. The minimum absolute atomic E-state index is 0.506. The second-order valence-electron chi connectivity index (χ2n) is 4.25. The molecule has 0 aromatic rings. The number of hydrogen-bond acceptors (Lipinski definition) is 1. The monoisotopic (exact) mass is 248 g/mol. The SMILES string of the molecule is CCCCCOCC1(CBr)CCC1.